The second-order valence-corrected chi connectivity index (χ2v) is 5.18. The van der Waals surface area contributed by atoms with E-state index in [0.29, 0.717) is 19.0 Å². The van der Waals surface area contributed by atoms with Gasteiger partial charge in [-0.3, -0.25) is 0 Å². The predicted molar refractivity (Wildman–Crippen MR) is 77.7 cm³/mol. The second-order valence-electron chi connectivity index (χ2n) is 5.18. The van der Waals surface area contributed by atoms with E-state index in [0.717, 1.165) is 11.3 Å². The van der Waals surface area contributed by atoms with Gasteiger partial charge in [-0.15, -0.1) is 0 Å². The minimum Gasteiger partial charge on any atom is -0.491 e. The maximum atomic E-state index is 9.82. The predicted octanol–water partition coefficient (Wildman–Crippen LogP) is 0.870. The lowest BCUT2D eigenvalue weighted by molar-refractivity contribution is -0.0423. The second kappa shape index (κ2) is 7.61. The molecule has 3 atom stereocenters. The molecule has 118 valence electrons. The van der Waals surface area contributed by atoms with E-state index in [2.05, 4.69) is 0 Å². The van der Waals surface area contributed by atoms with Crippen molar-refractivity contribution in [1.29, 1.82) is 0 Å². The first-order chi connectivity index (χ1) is 10.1. The summed E-state index contributed by atoms with van der Waals surface area (Å²) in [4.78, 5) is 0. The van der Waals surface area contributed by atoms with Gasteiger partial charge < -0.3 is 29.8 Å². The third-order valence-corrected chi connectivity index (χ3v) is 3.22. The molecule has 6 nitrogen and oxygen atoms in total. The van der Waals surface area contributed by atoms with Gasteiger partial charge in [-0.2, -0.15) is 0 Å². The number of hydrogen-bond acceptors (Lipinski definition) is 6. The lowest BCUT2D eigenvalue weighted by Gasteiger charge is -2.16. The number of nitrogens with two attached hydrogens (primary N) is 1. The number of hydrogen-bond donors (Lipinski definition) is 2. The Hall–Kier alpha value is -1.34. The SMILES string of the molecule is COCC(C)OCC(O)COc1ccc2c(c1)OCC2N. The Kier molecular flexibility index (Phi) is 5.81. The number of aliphatic hydroxyl groups is 1. The zero-order chi connectivity index (χ0) is 15.2. The number of fused-ring (bicyclic) bond motifs is 1. The zero-order valence-electron chi connectivity index (χ0n) is 12.5. The van der Waals surface area contributed by atoms with Gasteiger partial charge in [0.2, 0.25) is 0 Å². The van der Waals surface area contributed by atoms with Crippen molar-refractivity contribution in [3.05, 3.63) is 23.8 Å². The summed E-state index contributed by atoms with van der Waals surface area (Å²) >= 11 is 0. The van der Waals surface area contributed by atoms with E-state index in [4.69, 9.17) is 24.7 Å². The Labute approximate surface area is 124 Å². The van der Waals surface area contributed by atoms with E-state index in [-0.39, 0.29) is 25.4 Å². The lowest BCUT2D eigenvalue weighted by Crippen LogP contribution is -2.27. The highest BCUT2D eigenvalue weighted by Crippen LogP contribution is 2.33. The smallest absolute Gasteiger partial charge is 0.127 e. The number of rotatable bonds is 8. The first-order valence-corrected chi connectivity index (χ1v) is 7.04. The molecule has 0 spiro atoms. The minimum absolute atomic E-state index is 0.0560. The number of methoxy groups -OCH3 is 1. The molecule has 1 aliphatic heterocycles. The highest BCUT2D eigenvalue weighted by Gasteiger charge is 2.21. The van der Waals surface area contributed by atoms with Crippen LogP contribution in [0.1, 0.15) is 18.5 Å². The molecule has 21 heavy (non-hydrogen) atoms. The fourth-order valence-electron chi connectivity index (χ4n) is 2.10. The molecule has 0 aliphatic carbocycles. The van der Waals surface area contributed by atoms with Crippen molar-refractivity contribution < 1.29 is 24.1 Å². The molecule has 6 heteroatoms. The Morgan fingerprint density at radius 2 is 2.19 bits per heavy atom. The van der Waals surface area contributed by atoms with Gasteiger partial charge in [0.15, 0.2) is 0 Å². The summed E-state index contributed by atoms with van der Waals surface area (Å²) in [6.07, 6.45) is -0.750. The van der Waals surface area contributed by atoms with E-state index in [9.17, 15) is 5.11 Å². The molecule has 2 rings (SSSR count). The van der Waals surface area contributed by atoms with E-state index in [1.807, 2.05) is 19.1 Å². The van der Waals surface area contributed by atoms with Crippen molar-refractivity contribution in [3.63, 3.8) is 0 Å². The lowest BCUT2D eigenvalue weighted by atomic mass is 10.1. The molecule has 0 amide bonds. The van der Waals surface area contributed by atoms with Crippen molar-refractivity contribution >= 4 is 0 Å². The fourth-order valence-corrected chi connectivity index (χ4v) is 2.10. The molecule has 0 aromatic heterocycles. The maximum Gasteiger partial charge on any atom is 0.127 e. The van der Waals surface area contributed by atoms with Crippen molar-refractivity contribution in [2.45, 2.75) is 25.2 Å². The van der Waals surface area contributed by atoms with Gasteiger partial charge >= 0.3 is 0 Å². The summed E-state index contributed by atoms with van der Waals surface area (Å²) in [6, 6.07) is 5.44. The Morgan fingerprint density at radius 3 is 2.95 bits per heavy atom. The molecule has 1 aromatic carbocycles. The van der Waals surface area contributed by atoms with Crippen LogP contribution in [-0.4, -0.2) is 50.9 Å². The fraction of sp³-hybridized carbons (Fsp3) is 0.600. The van der Waals surface area contributed by atoms with Crippen LogP contribution in [0.3, 0.4) is 0 Å². The van der Waals surface area contributed by atoms with Gasteiger partial charge in [0, 0.05) is 18.7 Å². The molecule has 1 heterocycles. The highest BCUT2D eigenvalue weighted by atomic mass is 16.5. The Morgan fingerprint density at radius 1 is 1.38 bits per heavy atom. The molecule has 3 N–H and O–H groups in total. The maximum absolute atomic E-state index is 9.82. The van der Waals surface area contributed by atoms with E-state index in [1.165, 1.54) is 0 Å². The van der Waals surface area contributed by atoms with Gasteiger partial charge in [-0.25, -0.2) is 0 Å². The monoisotopic (exact) mass is 297 g/mol. The van der Waals surface area contributed by atoms with Crippen molar-refractivity contribution in [1.82, 2.24) is 0 Å². The molecule has 0 radical (unpaired) electrons. The van der Waals surface area contributed by atoms with Gasteiger partial charge in [-0.05, 0) is 19.1 Å². The summed E-state index contributed by atoms with van der Waals surface area (Å²) in [5, 5.41) is 9.82. The number of ether oxygens (including phenoxy) is 4. The van der Waals surface area contributed by atoms with Gasteiger partial charge in [0.05, 0.1) is 25.4 Å². The van der Waals surface area contributed by atoms with Crippen LogP contribution in [0.2, 0.25) is 0 Å². The van der Waals surface area contributed by atoms with Crippen molar-refractivity contribution in [2.24, 2.45) is 5.73 Å². The summed E-state index contributed by atoms with van der Waals surface area (Å²) < 4.78 is 21.4. The minimum atomic E-state index is -0.694. The molecule has 0 saturated heterocycles. The van der Waals surface area contributed by atoms with Crippen molar-refractivity contribution in [3.8, 4) is 11.5 Å². The van der Waals surface area contributed by atoms with E-state index in [1.54, 1.807) is 13.2 Å². The number of benzene rings is 1. The van der Waals surface area contributed by atoms with Crippen molar-refractivity contribution in [2.75, 3.05) is 33.5 Å². The standard InChI is InChI=1S/C15H23NO5/c1-10(6-18-2)19-7-11(17)8-20-12-3-4-13-14(16)9-21-15(13)5-12/h3-5,10-11,14,17H,6-9,16H2,1-2H3. The van der Waals surface area contributed by atoms with Gasteiger partial charge in [0.1, 0.15) is 30.8 Å². The van der Waals surface area contributed by atoms with Crippen LogP contribution in [0.15, 0.2) is 18.2 Å². The Balaban J connectivity index is 1.75. The molecule has 0 fully saturated rings. The first-order valence-electron chi connectivity index (χ1n) is 7.04. The Bertz CT molecular complexity index is 454. The number of aliphatic hydroxyl groups excluding tert-OH is 1. The van der Waals surface area contributed by atoms with Crippen LogP contribution in [0.25, 0.3) is 0 Å². The summed E-state index contributed by atoms with van der Waals surface area (Å²) in [6.45, 7) is 3.24. The molecule has 3 unspecified atom stereocenters. The van der Waals surface area contributed by atoms with Crippen LogP contribution < -0.4 is 15.2 Å². The molecule has 0 saturated carbocycles. The van der Waals surface area contributed by atoms with Crippen LogP contribution in [0.4, 0.5) is 0 Å². The van der Waals surface area contributed by atoms with Crippen LogP contribution in [0.5, 0.6) is 11.5 Å². The van der Waals surface area contributed by atoms with Gasteiger partial charge in [0.25, 0.3) is 0 Å². The zero-order valence-corrected chi connectivity index (χ0v) is 12.5. The highest BCUT2D eigenvalue weighted by molar-refractivity contribution is 5.44. The third-order valence-electron chi connectivity index (χ3n) is 3.22. The van der Waals surface area contributed by atoms with Gasteiger partial charge in [-0.1, -0.05) is 0 Å². The molecule has 1 aliphatic rings. The summed E-state index contributed by atoms with van der Waals surface area (Å²) in [7, 11) is 1.61. The molecule has 1 aromatic rings. The first kappa shape index (κ1) is 16.0. The summed E-state index contributed by atoms with van der Waals surface area (Å²) in [5.41, 5.74) is 6.86. The van der Waals surface area contributed by atoms with E-state index >= 15 is 0 Å². The van der Waals surface area contributed by atoms with Crippen LogP contribution in [-0.2, 0) is 9.47 Å². The average Bonchev–Trinajstić information content (AvgIpc) is 2.84. The largest absolute Gasteiger partial charge is 0.491 e. The third kappa shape index (κ3) is 4.57. The van der Waals surface area contributed by atoms with E-state index < -0.39 is 6.10 Å². The van der Waals surface area contributed by atoms with Crippen LogP contribution in [0, 0.1) is 0 Å². The van der Waals surface area contributed by atoms with Crippen LogP contribution >= 0.6 is 0 Å². The molecule has 0 bridgehead atoms. The quantitative estimate of drug-likeness (QED) is 0.741. The topological polar surface area (TPSA) is 83.2 Å². The molecular weight excluding hydrogens is 274 g/mol. The summed E-state index contributed by atoms with van der Waals surface area (Å²) in [5.74, 6) is 1.39. The molecular formula is C15H23NO5. The average molecular weight is 297 g/mol. The normalized spacial score (nSPS) is 19.7.